The first kappa shape index (κ1) is 24.6. The van der Waals surface area contributed by atoms with Crippen LogP contribution in [0.5, 0.6) is 0 Å². The number of carbonyl (C=O) groups excluding carboxylic acids is 1. The van der Waals surface area contributed by atoms with Gasteiger partial charge in [-0.25, -0.2) is 9.97 Å². The molecule has 2 fully saturated rings. The SMILES string of the molecule is Cc1nc(NC2C[C@H]3CC[C@@H](C2)N3C(=O)c2ccc(Cl)cc2)nc2ccc(-c3cccc4c3CCCC4)cc12. The van der Waals surface area contributed by atoms with Gasteiger partial charge in [-0.3, -0.25) is 4.79 Å². The van der Waals surface area contributed by atoms with Gasteiger partial charge in [0.15, 0.2) is 0 Å². The molecule has 4 aromatic rings. The lowest BCUT2D eigenvalue weighted by molar-refractivity contribution is 0.0583. The fraction of sp³-hybridized carbons (Fsp3) is 0.364. The highest BCUT2D eigenvalue weighted by Gasteiger charge is 2.43. The summed E-state index contributed by atoms with van der Waals surface area (Å²) in [6, 6.07) is 21.3. The van der Waals surface area contributed by atoms with Gasteiger partial charge in [-0.1, -0.05) is 35.9 Å². The van der Waals surface area contributed by atoms with E-state index in [1.54, 1.807) is 12.1 Å². The van der Waals surface area contributed by atoms with E-state index in [0.717, 1.165) is 48.7 Å². The molecule has 39 heavy (non-hydrogen) atoms. The number of rotatable bonds is 4. The fourth-order valence-electron chi connectivity index (χ4n) is 7.12. The van der Waals surface area contributed by atoms with Crippen LogP contribution in [0.25, 0.3) is 22.0 Å². The van der Waals surface area contributed by atoms with Gasteiger partial charge in [0.05, 0.1) is 11.2 Å². The van der Waals surface area contributed by atoms with E-state index < -0.39 is 0 Å². The first-order valence-corrected chi connectivity index (χ1v) is 14.7. The minimum absolute atomic E-state index is 0.117. The minimum atomic E-state index is 0.117. The van der Waals surface area contributed by atoms with Crippen LogP contribution in [0.15, 0.2) is 60.7 Å². The number of carbonyl (C=O) groups is 1. The van der Waals surface area contributed by atoms with Crippen LogP contribution in [0.2, 0.25) is 5.02 Å². The molecule has 3 aliphatic rings. The van der Waals surface area contributed by atoms with Gasteiger partial charge in [0.2, 0.25) is 5.95 Å². The number of anilines is 1. The van der Waals surface area contributed by atoms with Crippen LogP contribution in [0, 0.1) is 6.92 Å². The van der Waals surface area contributed by atoms with Gasteiger partial charge in [0.25, 0.3) is 5.91 Å². The number of nitrogens with zero attached hydrogens (tertiary/aromatic N) is 3. The van der Waals surface area contributed by atoms with Gasteiger partial charge in [0, 0.05) is 34.1 Å². The predicted octanol–water partition coefficient (Wildman–Crippen LogP) is 7.39. The van der Waals surface area contributed by atoms with E-state index in [9.17, 15) is 4.79 Å². The summed E-state index contributed by atoms with van der Waals surface area (Å²) in [7, 11) is 0. The predicted molar refractivity (Wildman–Crippen MR) is 157 cm³/mol. The summed E-state index contributed by atoms with van der Waals surface area (Å²) in [6.45, 7) is 2.08. The number of benzene rings is 3. The third-order valence-corrected chi connectivity index (χ3v) is 9.24. The molecule has 0 radical (unpaired) electrons. The molecule has 1 amide bonds. The molecule has 0 saturated carbocycles. The van der Waals surface area contributed by atoms with Gasteiger partial charge in [0.1, 0.15) is 0 Å². The highest BCUT2D eigenvalue weighted by Crippen LogP contribution is 2.38. The Balaban J connectivity index is 1.10. The first-order valence-electron chi connectivity index (χ1n) is 14.3. The molecule has 7 rings (SSSR count). The number of nitrogens with one attached hydrogen (secondary N) is 1. The van der Waals surface area contributed by atoms with E-state index in [1.807, 2.05) is 12.1 Å². The molecule has 0 spiro atoms. The highest BCUT2D eigenvalue weighted by atomic mass is 35.5. The molecule has 2 bridgehead atoms. The second-order valence-corrected chi connectivity index (χ2v) is 11.9. The van der Waals surface area contributed by atoms with Crippen molar-refractivity contribution in [1.29, 1.82) is 0 Å². The Bertz CT molecular complexity index is 1550. The molecule has 1 aliphatic carbocycles. The lowest BCUT2D eigenvalue weighted by atomic mass is 9.86. The summed E-state index contributed by atoms with van der Waals surface area (Å²) in [6.07, 6.45) is 8.82. The highest BCUT2D eigenvalue weighted by molar-refractivity contribution is 6.30. The van der Waals surface area contributed by atoms with Crippen molar-refractivity contribution in [3.63, 3.8) is 0 Å². The Morgan fingerprint density at radius 2 is 1.72 bits per heavy atom. The summed E-state index contributed by atoms with van der Waals surface area (Å²) < 4.78 is 0. The smallest absolute Gasteiger partial charge is 0.254 e. The van der Waals surface area contributed by atoms with Gasteiger partial charge in [-0.05, 0) is 117 Å². The maximum Gasteiger partial charge on any atom is 0.254 e. The molecule has 1 aromatic heterocycles. The number of amides is 1. The lowest BCUT2D eigenvalue weighted by Gasteiger charge is -2.39. The van der Waals surface area contributed by atoms with Crippen molar-refractivity contribution >= 4 is 34.4 Å². The third-order valence-electron chi connectivity index (χ3n) is 8.99. The minimum Gasteiger partial charge on any atom is -0.351 e. The van der Waals surface area contributed by atoms with Crippen LogP contribution in [0.1, 0.15) is 65.7 Å². The average Bonchev–Trinajstić information content (AvgIpc) is 3.22. The Kier molecular flexibility index (Phi) is 6.27. The van der Waals surface area contributed by atoms with Crippen LogP contribution in [-0.2, 0) is 12.8 Å². The summed E-state index contributed by atoms with van der Waals surface area (Å²) >= 11 is 6.03. The Morgan fingerprint density at radius 1 is 0.949 bits per heavy atom. The average molecular weight is 537 g/mol. The Labute approximate surface area is 234 Å². The molecule has 3 atom stereocenters. The van der Waals surface area contributed by atoms with Crippen LogP contribution in [0.3, 0.4) is 0 Å². The van der Waals surface area contributed by atoms with Crippen LogP contribution < -0.4 is 5.32 Å². The van der Waals surface area contributed by atoms with Gasteiger partial charge >= 0.3 is 0 Å². The van der Waals surface area contributed by atoms with Crippen molar-refractivity contribution in [2.45, 2.75) is 76.4 Å². The number of piperidine rings is 1. The number of hydrogen-bond acceptors (Lipinski definition) is 4. The van der Waals surface area contributed by atoms with Crippen molar-refractivity contribution < 1.29 is 4.79 Å². The summed E-state index contributed by atoms with van der Waals surface area (Å²) in [4.78, 5) is 25.2. The maximum atomic E-state index is 13.3. The van der Waals surface area contributed by atoms with Crippen molar-refractivity contribution in [3.8, 4) is 11.1 Å². The second-order valence-electron chi connectivity index (χ2n) is 11.4. The zero-order valence-corrected chi connectivity index (χ0v) is 23.0. The maximum absolute atomic E-state index is 13.3. The van der Waals surface area contributed by atoms with Gasteiger partial charge in [-0.15, -0.1) is 0 Å². The fourth-order valence-corrected chi connectivity index (χ4v) is 7.24. The Hall–Kier alpha value is -3.44. The van der Waals surface area contributed by atoms with E-state index in [4.69, 9.17) is 21.6 Å². The first-order chi connectivity index (χ1) is 19.0. The topological polar surface area (TPSA) is 58.1 Å². The second kappa shape index (κ2) is 9.95. The lowest BCUT2D eigenvalue weighted by Crippen LogP contribution is -2.49. The molecule has 6 heteroatoms. The molecule has 1 N–H and O–H groups in total. The molecular formula is C33H33ClN4O. The summed E-state index contributed by atoms with van der Waals surface area (Å²) in [5.74, 6) is 0.803. The van der Waals surface area contributed by atoms with E-state index in [-0.39, 0.29) is 24.0 Å². The van der Waals surface area contributed by atoms with E-state index >= 15 is 0 Å². The molecule has 1 unspecified atom stereocenters. The van der Waals surface area contributed by atoms with Gasteiger partial charge in [-0.2, -0.15) is 0 Å². The van der Waals surface area contributed by atoms with Crippen molar-refractivity contribution in [3.05, 3.63) is 88.1 Å². The monoisotopic (exact) mass is 536 g/mol. The normalized spacial score (nSPS) is 22.1. The van der Waals surface area contributed by atoms with Crippen molar-refractivity contribution in [2.24, 2.45) is 0 Å². The quantitative estimate of drug-likeness (QED) is 0.295. The van der Waals surface area contributed by atoms with E-state index in [2.05, 4.69) is 53.5 Å². The van der Waals surface area contributed by atoms with Crippen molar-refractivity contribution in [2.75, 3.05) is 5.32 Å². The molecule has 2 aliphatic heterocycles. The number of aryl methyl sites for hydroxylation is 2. The largest absolute Gasteiger partial charge is 0.351 e. The number of aromatic nitrogens is 2. The van der Waals surface area contributed by atoms with E-state index in [1.165, 1.54) is 41.5 Å². The van der Waals surface area contributed by atoms with Crippen LogP contribution >= 0.6 is 11.6 Å². The van der Waals surface area contributed by atoms with Gasteiger partial charge < -0.3 is 10.2 Å². The number of hydrogen-bond donors (Lipinski definition) is 1. The van der Waals surface area contributed by atoms with Crippen LogP contribution in [0.4, 0.5) is 5.95 Å². The molecule has 3 heterocycles. The zero-order valence-electron chi connectivity index (χ0n) is 22.3. The Morgan fingerprint density at radius 3 is 2.51 bits per heavy atom. The molecule has 3 aromatic carbocycles. The number of fused-ring (bicyclic) bond motifs is 4. The summed E-state index contributed by atoms with van der Waals surface area (Å²) in [5, 5.41) is 5.39. The molecule has 5 nitrogen and oxygen atoms in total. The van der Waals surface area contributed by atoms with E-state index in [0.29, 0.717) is 16.5 Å². The molecule has 198 valence electrons. The third kappa shape index (κ3) is 4.57. The van der Waals surface area contributed by atoms with Crippen molar-refractivity contribution in [1.82, 2.24) is 14.9 Å². The zero-order chi connectivity index (χ0) is 26.5. The molecular weight excluding hydrogens is 504 g/mol. The molecule has 2 saturated heterocycles. The van der Waals surface area contributed by atoms with Crippen LogP contribution in [-0.4, -0.2) is 38.9 Å². The standard InChI is InChI=1S/C33H33ClN4O/c1-20-30-17-23(29-8-4-6-21-5-2-3-7-28(21)29)11-16-31(30)37-33(35-20)36-25-18-26-14-15-27(19-25)38(26)32(39)22-9-12-24(34)13-10-22/h4,6,8-13,16-17,25-27H,2-3,5,7,14-15,18-19H2,1H3,(H,35,36,37)/t25?,26-,27+. The summed E-state index contributed by atoms with van der Waals surface area (Å²) in [5.41, 5.74) is 8.29. The number of halogens is 1.